The van der Waals surface area contributed by atoms with Crippen LogP contribution in [0.1, 0.15) is 10.4 Å². The van der Waals surface area contributed by atoms with Crippen molar-refractivity contribution in [1.82, 2.24) is 20.2 Å². The van der Waals surface area contributed by atoms with Gasteiger partial charge in [0.15, 0.2) is 0 Å². The Bertz CT molecular complexity index is 1360. The van der Waals surface area contributed by atoms with Crippen molar-refractivity contribution in [2.24, 2.45) is 0 Å². The fraction of sp³-hybridized carbons (Fsp3) is 0.125. The van der Waals surface area contributed by atoms with E-state index in [1.54, 1.807) is 42.5 Å². The van der Waals surface area contributed by atoms with Gasteiger partial charge in [0.1, 0.15) is 23.9 Å². The number of carbonyl (C=O) groups is 2. The second-order valence-electron chi connectivity index (χ2n) is 7.26. The Morgan fingerprint density at radius 3 is 2.46 bits per heavy atom. The van der Waals surface area contributed by atoms with Crippen LogP contribution in [0, 0.1) is 5.82 Å². The van der Waals surface area contributed by atoms with Crippen molar-refractivity contribution in [2.45, 2.75) is 6.54 Å². The lowest BCUT2D eigenvalue weighted by molar-refractivity contribution is -0.117. The van der Waals surface area contributed by atoms with Gasteiger partial charge in [0.25, 0.3) is 5.91 Å². The summed E-state index contributed by atoms with van der Waals surface area (Å²) in [6, 6.07) is 17.1. The molecule has 0 saturated carbocycles. The Hall–Kier alpha value is -4.80. The van der Waals surface area contributed by atoms with E-state index < -0.39 is 17.6 Å². The Kier molecular flexibility index (Phi) is 6.96. The molecule has 0 aliphatic heterocycles. The molecule has 0 radical (unpaired) electrons. The molecule has 11 heteroatoms. The topological polar surface area (TPSA) is 120 Å². The number of ether oxygens (including phenoxy) is 2. The molecule has 4 aromatic rings. The van der Waals surface area contributed by atoms with Crippen molar-refractivity contribution < 1.29 is 23.5 Å². The SMILES string of the molecule is COc1ccc(NC(=O)Cn2nnc(-c3ccccc3NC(=O)c3ccc(F)cc3)n2)c(OC)c1. The van der Waals surface area contributed by atoms with E-state index in [0.29, 0.717) is 34.0 Å². The molecular weight excluding hydrogens is 455 g/mol. The molecule has 0 fully saturated rings. The van der Waals surface area contributed by atoms with Crippen molar-refractivity contribution in [1.29, 1.82) is 0 Å². The highest BCUT2D eigenvalue weighted by molar-refractivity contribution is 6.06. The Labute approximate surface area is 199 Å². The number of carbonyl (C=O) groups excluding carboxylic acids is 2. The maximum atomic E-state index is 13.1. The molecule has 0 saturated heterocycles. The molecule has 2 amide bonds. The van der Waals surface area contributed by atoms with E-state index in [4.69, 9.17) is 9.47 Å². The molecule has 2 N–H and O–H groups in total. The number of nitrogens with zero attached hydrogens (tertiary/aromatic N) is 4. The molecule has 0 spiro atoms. The number of anilines is 2. The third kappa shape index (κ3) is 5.58. The highest BCUT2D eigenvalue weighted by Crippen LogP contribution is 2.29. The maximum absolute atomic E-state index is 13.1. The number of aromatic nitrogens is 4. The van der Waals surface area contributed by atoms with Gasteiger partial charge in [0, 0.05) is 17.2 Å². The van der Waals surface area contributed by atoms with E-state index >= 15 is 0 Å². The molecular formula is C24H21FN6O4. The third-order valence-corrected chi connectivity index (χ3v) is 4.94. The average molecular weight is 476 g/mol. The van der Waals surface area contributed by atoms with Crippen LogP contribution in [0.4, 0.5) is 15.8 Å². The number of halogens is 1. The highest BCUT2D eigenvalue weighted by atomic mass is 19.1. The minimum atomic E-state index is -0.433. The van der Waals surface area contributed by atoms with E-state index in [9.17, 15) is 14.0 Å². The van der Waals surface area contributed by atoms with Crippen LogP contribution in [-0.2, 0) is 11.3 Å². The van der Waals surface area contributed by atoms with Gasteiger partial charge in [-0.05, 0) is 53.7 Å². The van der Waals surface area contributed by atoms with Crippen LogP contribution >= 0.6 is 0 Å². The minimum absolute atomic E-state index is 0.202. The molecule has 35 heavy (non-hydrogen) atoms. The summed E-state index contributed by atoms with van der Waals surface area (Å²) in [5.41, 5.74) is 1.70. The first kappa shape index (κ1) is 23.4. The van der Waals surface area contributed by atoms with Crippen molar-refractivity contribution in [3.63, 3.8) is 0 Å². The molecule has 0 bridgehead atoms. The third-order valence-electron chi connectivity index (χ3n) is 4.94. The number of methoxy groups -OCH3 is 2. The first-order valence-corrected chi connectivity index (χ1v) is 10.4. The molecule has 10 nitrogen and oxygen atoms in total. The fourth-order valence-corrected chi connectivity index (χ4v) is 3.22. The predicted octanol–water partition coefficient (Wildman–Crippen LogP) is 3.39. The Morgan fingerprint density at radius 1 is 0.943 bits per heavy atom. The zero-order valence-corrected chi connectivity index (χ0v) is 18.9. The summed E-state index contributed by atoms with van der Waals surface area (Å²) in [5, 5.41) is 17.7. The van der Waals surface area contributed by atoms with Gasteiger partial charge in [0.2, 0.25) is 11.7 Å². The molecule has 3 aromatic carbocycles. The maximum Gasteiger partial charge on any atom is 0.255 e. The first-order valence-electron chi connectivity index (χ1n) is 10.4. The quantitative estimate of drug-likeness (QED) is 0.400. The van der Waals surface area contributed by atoms with Crippen LogP contribution in [-0.4, -0.2) is 46.2 Å². The van der Waals surface area contributed by atoms with E-state index in [1.807, 2.05) is 0 Å². The van der Waals surface area contributed by atoms with Gasteiger partial charge in [-0.2, -0.15) is 4.80 Å². The largest absolute Gasteiger partial charge is 0.497 e. The van der Waals surface area contributed by atoms with Crippen molar-refractivity contribution >= 4 is 23.2 Å². The Morgan fingerprint density at radius 2 is 1.71 bits per heavy atom. The average Bonchev–Trinajstić information content (AvgIpc) is 3.33. The molecule has 0 unspecified atom stereocenters. The van der Waals surface area contributed by atoms with Crippen LogP contribution in [0.25, 0.3) is 11.4 Å². The summed E-state index contributed by atoms with van der Waals surface area (Å²) in [6.45, 7) is -0.202. The van der Waals surface area contributed by atoms with Crippen LogP contribution in [0.15, 0.2) is 66.7 Å². The number of amides is 2. The standard InChI is InChI=1S/C24H21FN6O4/c1-34-17-11-12-20(21(13-17)35-2)26-22(32)14-31-29-23(28-30-31)18-5-3-4-6-19(18)27-24(33)15-7-9-16(25)10-8-15/h3-13H,14H2,1-2H3,(H,26,32)(H,27,33). The zero-order chi connectivity index (χ0) is 24.8. The Balaban J connectivity index is 1.47. The predicted molar refractivity (Wildman–Crippen MR) is 126 cm³/mol. The summed E-state index contributed by atoms with van der Waals surface area (Å²) < 4.78 is 23.6. The number of hydrogen-bond acceptors (Lipinski definition) is 7. The minimum Gasteiger partial charge on any atom is -0.497 e. The number of hydrogen-bond donors (Lipinski definition) is 2. The normalized spacial score (nSPS) is 10.5. The number of benzene rings is 3. The molecule has 178 valence electrons. The van der Waals surface area contributed by atoms with E-state index in [-0.39, 0.29) is 12.4 Å². The van der Waals surface area contributed by atoms with Gasteiger partial charge >= 0.3 is 0 Å². The summed E-state index contributed by atoms with van der Waals surface area (Å²) in [6.07, 6.45) is 0. The van der Waals surface area contributed by atoms with Gasteiger partial charge < -0.3 is 20.1 Å². The molecule has 4 rings (SSSR count). The lowest BCUT2D eigenvalue weighted by Gasteiger charge is -2.11. The number of nitrogens with one attached hydrogen (secondary N) is 2. The summed E-state index contributed by atoms with van der Waals surface area (Å²) in [4.78, 5) is 26.2. The summed E-state index contributed by atoms with van der Waals surface area (Å²) >= 11 is 0. The van der Waals surface area contributed by atoms with Gasteiger partial charge in [0.05, 0.1) is 25.6 Å². The van der Waals surface area contributed by atoms with Crippen LogP contribution in [0.2, 0.25) is 0 Å². The van der Waals surface area contributed by atoms with Crippen molar-refractivity contribution in [3.8, 4) is 22.9 Å². The van der Waals surface area contributed by atoms with Gasteiger partial charge in [-0.15, -0.1) is 10.2 Å². The zero-order valence-electron chi connectivity index (χ0n) is 18.9. The smallest absolute Gasteiger partial charge is 0.255 e. The van der Waals surface area contributed by atoms with E-state index in [0.717, 1.165) is 4.80 Å². The second kappa shape index (κ2) is 10.4. The molecule has 1 aromatic heterocycles. The highest BCUT2D eigenvalue weighted by Gasteiger charge is 2.16. The summed E-state index contributed by atoms with van der Waals surface area (Å²) in [7, 11) is 3.02. The van der Waals surface area contributed by atoms with Crippen molar-refractivity contribution in [3.05, 3.63) is 78.1 Å². The number of rotatable bonds is 8. The second-order valence-corrected chi connectivity index (χ2v) is 7.26. The molecule has 0 atom stereocenters. The fourth-order valence-electron chi connectivity index (χ4n) is 3.22. The number of tetrazole rings is 1. The van der Waals surface area contributed by atoms with Gasteiger partial charge in [-0.3, -0.25) is 9.59 Å². The van der Waals surface area contributed by atoms with E-state index in [1.165, 1.54) is 38.5 Å². The lowest BCUT2D eigenvalue weighted by Crippen LogP contribution is -2.20. The molecule has 1 heterocycles. The molecule has 0 aliphatic carbocycles. The summed E-state index contributed by atoms with van der Waals surface area (Å²) in [5.74, 6) is 0.00317. The van der Waals surface area contributed by atoms with Gasteiger partial charge in [-0.25, -0.2) is 4.39 Å². The molecule has 0 aliphatic rings. The van der Waals surface area contributed by atoms with Gasteiger partial charge in [-0.1, -0.05) is 12.1 Å². The first-order chi connectivity index (χ1) is 17.0. The van der Waals surface area contributed by atoms with Crippen molar-refractivity contribution in [2.75, 3.05) is 24.9 Å². The monoisotopic (exact) mass is 476 g/mol. The van der Waals surface area contributed by atoms with E-state index in [2.05, 4.69) is 26.0 Å². The van der Waals surface area contributed by atoms with Crippen LogP contribution in [0.3, 0.4) is 0 Å². The lowest BCUT2D eigenvalue weighted by atomic mass is 10.1. The van der Waals surface area contributed by atoms with Crippen LogP contribution in [0.5, 0.6) is 11.5 Å². The van der Waals surface area contributed by atoms with Crippen LogP contribution < -0.4 is 20.1 Å². The number of para-hydroxylation sites is 1.